The fourth-order valence-electron chi connectivity index (χ4n) is 1.38. The van der Waals surface area contributed by atoms with Crippen molar-refractivity contribution in [3.05, 3.63) is 23.8 Å². The molecule has 5 heteroatoms. The van der Waals surface area contributed by atoms with Crippen molar-refractivity contribution >= 4 is 5.97 Å². The van der Waals surface area contributed by atoms with E-state index in [0.29, 0.717) is 12.2 Å². The lowest BCUT2D eigenvalue weighted by Gasteiger charge is -2.17. The molecule has 0 fully saturated rings. The molecule has 17 heavy (non-hydrogen) atoms. The summed E-state index contributed by atoms with van der Waals surface area (Å²) in [6, 6.07) is 4.36. The molecule has 5 nitrogen and oxygen atoms in total. The Morgan fingerprint density at radius 2 is 2.06 bits per heavy atom. The maximum absolute atomic E-state index is 10.7. The molecule has 0 aliphatic rings. The number of hydrogen-bond donors (Lipinski definition) is 2. The van der Waals surface area contributed by atoms with E-state index in [1.807, 2.05) is 6.92 Å². The van der Waals surface area contributed by atoms with E-state index >= 15 is 0 Å². The van der Waals surface area contributed by atoms with E-state index in [1.165, 1.54) is 19.1 Å². The Bertz CT molecular complexity index is 388. The van der Waals surface area contributed by atoms with Crippen molar-refractivity contribution in [3.8, 4) is 11.5 Å². The predicted molar refractivity (Wildman–Crippen MR) is 60.8 cm³/mol. The number of carbonyl (C=O) groups is 1. The summed E-state index contributed by atoms with van der Waals surface area (Å²) in [6.07, 6.45) is -0.449. The van der Waals surface area contributed by atoms with Crippen LogP contribution in [0, 0.1) is 0 Å². The zero-order valence-corrected chi connectivity index (χ0v) is 9.84. The topological polar surface area (TPSA) is 76.0 Å². The third kappa shape index (κ3) is 3.96. The van der Waals surface area contributed by atoms with Crippen LogP contribution in [-0.4, -0.2) is 29.4 Å². The van der Waals surface area contributed by atoms with Crippen molar-refractivity contribution in [2.75, 3.05) is 13.2 Å². The molecule has 0 bridgehead atoms. The highest BCUT2D eigenvalue weighted by Crippen LogP contribution is 2.29. The third-order valence-corrected chi connectivity index (χ3v) is 2.18. The van der Waals surface area contributed by atoms with Crippen molar-refractivity contribution < 1.29 is 24.5 Å². The Balaban J connectivity index is 2.81. The molecule has 1 aromatic carbocycles. The van der Waals surface area contributed by atoms with Gasteiger partial charge in [-0.25, -0.2) is 0 Å². The van der Waals surface area contributed by atoms with Crippen LogP contribution < -0.4 is 0 Å². The van der Waals surface area contributed by atoms with Gasteiger partial charge in [0.2, 0.25) is 0 Å². The first-order valence-corrected chi connectivity index (χ1v) is 5.31. The molecular weight excluding hydrogens is 224 g/mol. The highest BCUT2D eigenvalue weighted by atomic mass is 16.6. The molecule has 2 N–H and O–H groups in total. The van der Waals surface area contributed by atoms with E-state index in [0.717, 1.165) is 0 Å². The number of phenolic OH excluding ortho intramolecular Hbond substituents is 2. The van der Waals surface area contributed by atoms with E-state index in [4.69, 9.17) is 9.47 Å². The van der Waals surface area contributed by atoms with Crippen LogP contribution in [0.5, 0.6) is 11.5 Å². The van der Waals surface area contributed by atoms with Gasteiger partial charge >= 0.3 is 5.97 Å². The standard InChI is InChI=1S/C12H16O5/c1-3-16-12(7-17-8(2)13)9-4-5-10(14)11(15)6-9/h4-6,12,14-15H,3,7H2,1-2H3. The van der Waals surface area contributed by atoms with E-state index in [1.54, 1.807) is 6.07 Å². The first kappa shape index (κ1) is 13.3. The van der Waals surface area contributed by atoms with Crippen molar-refractivity contribution in [2.45, 2.75) is 20.0 Å². The number of hydrogen-bond acceptors (Lipinski definition) is 5. The number of esters is 1. The molecule has 0 saturated carbocycles. The Morgan fingerprint density at radius 3 is 2.59 bits per heavy atom. The van der Waals surface area contributed by atoms with Crippen molar-refractivity contribution in [3.63, 3.8) is 0 Å². The monoisotopic (exact) mass is 240 g/mol. The summed E-state index contributed by atoms with van der Waals surface area (Å²) in [5.41, 5.74) is 0.642. The summed E-state index contributed by atoms with van der Waals surface area (Å²) >= 11 is 0. The van der Waals surface area contributed by atoms with Gasteiger partial charge in [0.05, 0.1) is 0 Å². The summed E-state index contributed by atoms with van der Waals surface area (Å²) in [7, 11) is 0. The normalized spacial score (nSPS) is 12.1. The number of carbonyl (C=O) groups excluding carboxylic acids is 1. The largest absolute Gasteiger partial charge is 0.504 e. The number of ether oxygens (including phenoxy) is 2. The first-order valence-electron chi connectivity index (χ1n) is 5.31. The second kappa shape index (κ2) is 6.10. The molecule has 0 saturated heterocycles. The molecule has 0 aromatic heterocycles. The lowest BCUT2D eigenvalue weighted by Crippen LogP contribution is -2.14. The quantitative estimate of drug-likeness (QED) is 0.605. The molecule has 0 spiro atoms. The lowest BCUT2D eigenvalue weighted by atomic mass is 10.1. The zero-order valence-electron chi connectivity index (χ0n) is 9.84. The third-order valence-electron chi connectivity index (χ3n) is 2.18. The second-order valence-corrected chi connectivity index (χ2v) is 3.49. The van der Waals surface area contributed by atoms with Gasteiger partial charge in [0.15, 0.2) is 11.5 Å². The van der Waals surface area contributed by atoms with Gasteiger partial charge < -0.3 is 19.7 Å². The molecule has 0 amide bonds. The van der Waals surface area contributed by atoms with E-state index in [9.17, 15) is 15.0 Å². The molecule has 0 aliphatic heterocycles. The van der Waals surface area contributed by atoms with Gasteiger partial charge in [0.1, 0.15) is 12.7 Å². The van der Waals surface area contributed by atoms with Crippen LogP contribution in [0.2, 0.25) is 0 Å². The predicted octanol–water partition coefficient (Wildman–Crippen LogP) is 1.74. The number of benzene rings is 1. The van der Waals surface area contributed by atoms with Gasteiger partial charge in [-0.15, -0.1) is 0 Å². The van der Waals surface area contributed by atoms with E-state index < -0.39 is 12.1 Å². The van der Waals surface area contributed by atoms with Gasteiger partial charge in [-0.3, -0.25) is 4.79 Å². The van der Waals surface area contributed by atoms with Crippen molar-refractivity contribution in [1.82, 2.24) is 0 Å². The molecule has 0 aliphatic carbocycles. The maximum Gasteiger partial charge on any atom is 0.302 e. The fraction of sp³-hybridized carbons (Fsp3) is 0.417. The Kier molecular flexibility index (Phi) is 4.78. The van der Waals surface area contributed by atoms with Gasteiger partial charge in [-0.2, -0.15) is 0 Å². The molecule has 94 valence electrons. The molecule has 0 radical (unpaired) electrons. The average molecular weight is 240 g/mol. The minimum Gasteiger partial charge on any atom is -0.504 e. The molecule has 1 rings (SSSR count). The van der Waals surface area contributed by atoms with Crippen molar-refractivity contribution in [1.29, 1.82) is 0 Å². The van der Waals surface area contributed by atoms with E-state index in [-0.39, 0.29) is 18.1 Å². The van der Waals surface area contributed by atoms with Gasteiger partial charge in [0, 0.05) is 13.5 Å². The SMILES string of the molecule is CCOC(COC(C)=O)c1ccc(O)c(O)c1. The average Bonchev–Trinajstić information content (AvgIpc) is 2.28. The van der Waals surface area contributed by atoms with Gasteiger partial charge in [0.25, 0.3) is 0 Å². The number of rotatable bonds is 5. The zero-order chi connectivity index (χ0) is 12.8. The Hall–Kier alpha value is -1.75. The maximum atomic E-state index is 10.7. The number of aromatic hydroxyl groups is 2. The highest BCUT2D eigenvalue weighted by Gasteiger charge is 2.15. The summed E-state index contributed by atoms with van der Waals surface area (Å²) in [6.45, 7) is 3.67. The molecule has 1 aromatic rings. The van der Waals surface area contributed by atoms with Gasteiger partial charge in [-0.1, -0.05) is 6.07 Å². The Labute approximate surface area is 99.6 Å². The highest BCUT2D eigenvalue weighted by molar-refractivity contribution is 5.65. The van der Waals surface area contributed by atoms with E-state index in [2.05, 4.69) is 0 Å². The van der Waals surface area contributed by atoms with Crippen LogP contribution in [0.4, 0.5) is 0 Å². The summed E-state index contributed by atoms with van der Waals surface area (Å²) in [5.74, 6) is -0.816. The van der Waals surface area contributed by atoms with Crippen molar-refractivity contribution in [2.24, 2.45) is 0 Å². The summed E-state index contributed by atoms with van der Waals surface area (Å²) < 4.78 is 10.3. The van der Waals surface area contributed by atoms with Crippen LogP contribution >= 0.6 is 0 Å². The minimum absolute atomic E-state index is 0.0768. The van der Waals surface area contributed by atoms with Gasteiger partial charge in [-0.05, 0) is 24.6 Å². The fourth-order valence-corrected chi connectivity index (χ4v) is 1.38. The van der Waals surface area contributed by atoms with Crippen LogP contribution in [0.1, 0.15) is 25.5 Å². The molecule has 1 atom stereocenters. The second-order valence-electron chi connectivity index (χ2n) is 3.49. The lowest BCUT2D eigenvalue weighted by molar-refractivity contribution is -0.145. The molecule has 0 heterocycles. The summed E-state index contributed by atoms with van der Waals surface area (Å²) in [4.78, 5) is 10.7. The first-order chi connectivity index (χ1) is 8.04. The van der Waals surface area contributed by atoms with Crippen LogP contribution in [0.3, 0.4) is 0 Å². The molecular formula is C12H16O5. The molecule has 1 unspecified atom stereocenters. The summed E-state index contributed by atoms with van der Waals surface area (Å²) in [5, 5.41) is 18.6. The van der Waals surface area contributed by atoms with Crippen LogP contribution in [0.25, 0.3) is 0 Å². The minimum atomic E-state index is -0.449. The van der Waals surface area contributed by atoms with Crippen LogP contribution in [-0.2, 0) is 14.3 Å². The smallest absolute Gasteiger partial charge is 0.302 e. The Morgan fingerprint density at radius 1 is 1.35 bits per heavy atom. The van der Waals surface area contributed by atoms with Crippen LogP contribution in [0.15, 0.2) is 18.2 Å². The number of phenols is 2.